The number of carboxylic acids is 1. The average Bonchev–Trinajstić information content (AvgIpc) is 2.47. The molecule has 1 fully saturated rings. The van der Waals surface area contributed by atoms with Crippen LogP contribution in [-0.2, 0) is 11.3 Å². The lowest BCUT2D eigenvalue weighted by molar-refractivity contribution is -0.140. The number of benzene rings is 1. The predicted molar refractivity (Wildman–Crippen MR) is 76.6 cm³/mol. The minimum atomic E-state index is -0.902. The van der Waals surface area contributed by atoms with Crippen molar-refractivity contribution in [3.63, 3.8) is 0 Å². The Morgan fingerprint density at radius 3 is 2.80 bits per heavy atom. The summed E-state index contributed by atoms with van der Waals surface area (Å²) in [5.74, 6) is -0.0148. The number of piperidine rings is 1. The van der Waals surface area contributed by atoms with Crippen molar-refractivity contribution in [2.24, 2.45) is 11.7 Å². The van der Waals surface area contributed by atoms with Crippen molar-refractivity contribution in [2.75, 3.05) is 20.2 Å². The molecule has 1 heterocycles. The largest absolute Gasteiger partial charge is 0.497 e. The molecule has 1 aliphatic rings. The van der Waals surface area contributed by atoms with E-state index < -0.39 is 12.0 Å². The first kappa shape index (κ1) is 14.8. The maximum Gasteiger partial charge on any atom is 0.320 e. The molecule has 5 heteroatoms. The molecule has 2 unspecified atom stereocenters. The molecular weight excluding hydrogens is 256 g/mol. The van der Waals surface area contributed by atoms with E-state index in [9.17, 15) is 4.79 Å². The quantitative estimate of drug-likeness (QED) is 0.849. The van der Waals surface area contributed by atoms with E-state index in [1.807, 2.05) is 24.3 Å². The van der Waals surface area contributed by atoms with Crippen LogP contribution in [0, 0.1) is 5.92 Å². The van der Waals surface area contributed by atoms with Gasteiger partial charge in [0.2, 0.25) is 0 Å². The topological polar surface area (TPSA) is 75.8 Å². The van der Waals surface area contributed by atoms with Gasteiger partial charge in [0.25, 0.3) is 0 Å². The number of ether oxygens (including phenoxy) is 1. The third-order valence-electron chi connectivity index (χ3n) is 3.90. The Morgan fingerprint density at radius 1 is 1.50 bits per heavy atom. The van der Waals surface area contributed by atoms with Gasteiger partial charge in [-0.25, -0.2) is 0 Å². The molecule has 0 radical (unpaired) electrons. The zero-order chi connectivity index (χ0) is 14.5. The van der Waals surface area contributed by atoms with Crippen LogP contribution in [0.5, 0.6) is 5.75 Å². The Hall–Kier alpha value is -1.59. The van der Waals surface area contributed by atoms with Gasteiger partial charge in [-0.3, -0.25) is 9.69 Å². The maximum absolute atomic E-state index is 11.0. The standard InChI is InChI=1S/C15H22N2O3/c1-20-13-6-4-11(5-7-13)9-17-8-2-3-12(10-17)14(16)15(18)19/h4-7,12,14H,2-3,8-10,16H2,1H3,(H,18,19). The van der Waals surface area contributed by atoms with Gasteiger partial charge in [0, 0.05) is 13.1 Å². The highest BCUT2D eigenvalue weighted by molar-refractivity contribution is 5.73. The number of likely N-dealkylation sites (tertiary alicyclic amines) is 1. The fourth-order valence-electron chi connectivity index (χ4n) is 2.72. The van der Waals surface area contributed by atoms with E-state index in [0.29, 0.717) is 0 Å². The Morgan fingerprint density at radius 2 is 2.20 bits per heavy atom. The molecule has 2 rings (SSSR count). The van der Waals surface area contributed by atoms with Crippen molar-refractivity contribution in [3.05, 3.63) is 29.8 Å². The van der Waals surface area contributed by atoms with Crippen molar-refractivity contribution >= 4 is 5.97 Å². The number of hydrogen-bond donors (Lipinski definition) is 2. The summed E-state index contributed by atoms with van der Waals surface area (Å²) >= 11 is 0. The predicted octanol–water partition coefficient (Wildman–Crippen LogP) is 1.32. The number of nitrogens with zero attached hydrogens (tertiary/aromatic N) is 1. The number of carbonyl (C=O) groups is 1. The maximum atomic E-state index is 11.0. The van der Waals surface area contributed by atoms with Gasteiger partial charge in [-0.15, -0.1) is 0 Å². The van der Waals surface area contributed by atoms with Gasteiger partial charge in [0.05, 0.1) is 7.11 Å². The molecule has 2 atom stereocenters. The van der Waals surface area contributed by atoms with E-state index in [2.05, 4.69) is 4.90 Å². The van der Waals surface area contributed by atoms with Gasteiger partial charge in [-0.1, -0.05) is 12.1 Å². The number of carboxylic acid groups (broad SMARTS) is 1. The van der Waals surface area contributed by atoms with Crippen molar-refractivity contribution in [3.8, 4) is 5.75 Å². The first-order valence-corrected chi connectivity index (χ1v) is 6.94. The molecule has 1 aromatic rings. The second kappa shape index (κ2) is 6.72. The van der Waals surface area contributed by atoms with Crippen LogP contribution in [0.2, 0.25) is 0 Å². The highest BCUT2D eigenvalue weighted by Gasteiger charge is 2.29. The van der Waals surface area contributed by atoms with Crippen molar-refractivity contribution in [1.29, 1.82) is 0 Å². The van der Waals surface area contributed by atoms with Crippen LogP contribution < -0.4 is 10.5 Å². The smallest absolute Gasteiger partial charge is 0.320 e. The van der Waals surface area contributed by atoms with Gasteiger partial charge in [0.15, 0.2) is 0 Å². The molecule has 3 N–H and O–H groups in total. The molecule has 0 amide bonds. The molecule has 1 saturated heterocycles. The summed E-state index contributed by atoms with van der Waals surface area (Å²) in [5.41, 5.74) is 6.95. The third kappa shape index (κ3) is 3.71. The van der Waals surface area contributed by atoms with Crippen molar-refractivity contribution in [2.45, 2.75) is 25.4 Å². The lowest BCUT2D eigenvalue weighted by Gasteiger charge is -2.34. The zero-order valence-corrected chi connectivity index (χ0v) is 11.8. The normalized spacial score (nSPS) is 21.4. The van der Waals surface area contributed by atoms with E-state index in [1.54, 1.807) is 7.11 Å². The van der Waals surface area contributed by atoms with Crippen LogP contribution in [0.4, 0.5) is 0 Å². The fourth-order valence-corrected chi connectivity index (χ4v) is 2.72. The van der Waals surface area contributed by atoms with Crippen molar-refractivity contribution < 1.29 is 14.6 Å². The van der Waals surface area contributed by atoms with E-state index in [-0.39, 0.29) is 5.92 Å². The van der Waals surface area contributed by atoms with E-state index in [1.165, 1.54) is 5.56 Å². The van der Waals surface area contributed by atoms with Crippen LogP contribution >= 0.6 is 0 Å². The first-order valence-electron chi connectivity index (χ1n) is 6.94. The monoisotopic (exact) mass is 278 g/mol. The van der Waals surface area contributed by atoms with Crippen LogP contribution in [-0.4, -0.2) is 42.2 Å². The van der Waals surface area contributed by atoms with Gasteiger partial charge < -0.3 is 15.6 Å². The molecule has 1 aliphatic heterocycles. The molecule has 0 bridgehead atoms. The number of rotatable bonds is 5. The lowest BCUT2D eigenvalue weighted by atomic mass is 9.91. The van der Waals surface area contributed by atoms with Crippen LogP contribution in [0.15, 0.2) is 24.3 Å². The van der Waals surface area contributed by atoms with Crippen LogP contribution in [0.1, 0.15) is 18.4 Å². The Kier molecular flexibility index (Phi) is 4.98. The molecule has 0 aromatic heterocycles. The number of aliphatic carboxylic acids is 1. The molecule has 20 heavy (non-hydrogen) atoms. The van der Waals surface area contributed by atoms with Crippen LogP contribution in [0.25, 0.3) is 0 Å². The minimum absolute atomic E-state index is 0.0412. The molecular formula is C15H22N2O3. The molecule has 0 spiro atoms. The van der Waals surface area contributed by atoms with Gasteiger partial charge >= 0.3 is 5.97 Å². The summed E-state index contributed by atoms with van der Waals surface area (Å²) in [7, 11) is 1.65. The Bertz CT molecular complexity index is 447. The number of hydrogen-bond acceptors (Lipinski definition) is 4. The van der Waals surface area contributed by atoms with Gasteiger partial charge in [-0.05, 0) is 43.0 Å². The zero-order valence-electron chi connectivity index (χ0n) is 11.8. The molecule has 110 valence electrons. The van der Waals surface area contributed by atoms with E-state index in [4.69, 9.17) is 15.6 Å². The first-order chi connectivity index (χ1) is 9.60. The summed E-state index contributed by atoms with van der Waals surface area (Å²) in [4.78, 5) is 13.3. The van der Waals surface area contributed by atoms with E-state index in [0.717, 1.165) is 38.2 Å². The minimum Gasteiger partial charge on any atom is -0.497 e. The lowest BCUT2D eigenvalue weighted by Crippen LogP contribution is -2.46. The molecule has 0 saturated carbocycles. The SMILES string of the molecule is COc1ccc(CN2CCCC(C(N)C(=O)O)C2)cc1. The van der Waals surface area contributed by atoms with Gasteiger partial charge in [-0.2, -0.15) is 0 Å². The average molecular weight is 278 g/mol. The fraction of sp³-hybridized carbons (Fsp3) is 0.533. The summed E-state index contributed by atoms with van der Waals surface area (Å²) in [6.07, 6.45) is 1.90. The Balaban J connectivity index is 1.93. The van der Waals surface area contributed by atoms with E-state index >= 15 is 0 Å². The molecule has 5 nitrogen and oxygen atoms in total. The molecule has 0 aliphatic carbocycles. The number of nitrogens with two attached hydrogens (primary N) is 1. The molecule has 1 aromatic carbocycles. The third-order valence-corrected chi connectivity index (χ3v) is 3.90. The summed E-state index contributed by atoms with van der Waals surface area (Å²) in [5, 5.41) is 9.01. The Labute approximate surface area is 119 Å². The highest BCUT2D eigenvalue weighted by atomic mass is 16.5. The van der Waals surface area contributed by atoms with Crippen LogP contribution in [0.3, 0.4) is 0 Å². The highest BCUT2D eigenvalue weighted by Crippen LogP contribution is 2.21. The van der Waals surface area contributed by atoms with Gasteiger partial charge in [0.1, 0.15) is 11.8 Å². The summed E-state index contributed by atoms with van der Waals surface area (Å²) < 4.78 is 5.14. The summed E-state index contributed by atoms with van der Waals surface area (Å²) in [6, 6.07) is 7.22. The van der Waals surface area contributed by atoms with Crippen molar-refractivity contribution in [1.82, 2.24) is 4.90 Å². The second-order valence-corrected chi connectivity index (χ2v) is 5.35. The second-order valence-electron chi connectivity index (χ2n) is 5.35. The summed E-state index contributed by atoms with van der Waals surface area (Å²) in [6.45, 7) is 2.57. The number of methoxy groups -OCH3 is 1.